The van der Waals surface area contributed by atoms with Crippen LogP contribution in [-0.2, 0) is 13.0 Å². The molecular formula is C15H23NO3. The number of aliphatic hydroxyl groups is 1. The molecule has 1 aliphatic rings. The fourth-order valence-corrected chi connectivity index (χ4v) is 2.34. The fourth-order valence-electron chi connectivity index (χ4n) is 2.34. The summed E-state index contributed by atoms with van der Waals surface area (Å²) < 4.78 is 11.5. The zero-order valence-corrected chi connectivity index (χ0v) is 11.7. The van der Waals surface area contributed by atoms with E-state index < -0.39 is 0 Å². The van der Waals surface area contributed by atoms with Gasteiger partial charge in [0.15, 0.2) is 0 Å². The maximum absolute atomic E-state index is 8.77. The topological polar surface area (TPSA) is 50.7 Å². The maximum atomic E-state index is 8.77. The van der Waals surface area contributed by atoms with Crippen LogP contribution in [0.4, 0.5) is 0 Å². The molecule has 106 valence electrons. The first-order valence-corrected chi connectivity index (χ1v) is 7.01. The van der Waals surface area contributed by atoms with Gasteiger partial charge in [-0.05, 0) is 38.9 Å². The highest BCUT2D eigenvalue weighted by atomic mass is 16.5. The Bertz CT molecular complexity index is 420. The highest BCUT2D eigenvalue weighted by molar-refractivity contribution is 5.48. The van der Waals surface area contributed by atoms with Gasteiger partial charge in [-0.2, -0.15) is 0 Å². The molecule has 1 atom stereocenters. The fraction of sp³-hybridized carbons (Fsp3) is 0.600. The molecule has 0 aliphatic carbocycles. The molecule has 19 heavy (non-hydrogen) atoms. The molecular weight excluding hydrogens is 242 g/mol. The summed E-state index contributed by atoms with van der Waals surface area (Å²) in [4.78, 5) is 0. The Balaban J connectivity index is 2.09. The first kappa shape index (κ1) is 14.2. The van der Waals surface area contributed by atoms with E-state index in [1.165, 1.54) is 5.56 Å². The minimum atomic E-state index is 0.218. The molecule has 0 radical (unpaired) electrons. The van der Waals surface area contributed by atoms with E-state index in [4.69, 9.17) is 14.6 Å². The minimum Gasteiger partial charge on any atom is -0.494 e. The molecule has 0 fully saturated rings. The summed E-state index contributed by atoms with van der Waals surface area (Å²) in [5, 5.41) is 12.1. The van der Waals surface area contributed by atoms with Crippen molar-refractivity contribution in [2.75, 3.05) is 19.8 Å². The van der Waals surface area contributed by atoms with E-state index in [0.717, 1.165) is 43.0 Å². The molecule has 1 aliphatic heterocycles. The third-order valence-corrected chi connectivity index (χ3v) is 3.21. The number of hydrogen-bond acceptors (Lipinski definition) is 4. The summed E-state index contributed by atoms with van der Waals surface area (Å²) in [5.74, 6) is 1.92. The van der Waals surface area contributed by atoms with Crippen molar-refractivity contribution in [1.82, 2.24) is 5.32 Å². The van der Waals surface area contributed by atoms with E-state index in [1.54, 1.807) is 0 Å². The standard InChI is InChI=1S/C15H23NO3/c1-3-18-14-8-12-7-11(2)19-15(12)9-13(14)10-16-5-4-6-17/h8-9,11,16-17H,3-7,10H2,1-2H3. The lowest BCUT2D eigenvalue weighted by Gasteiger charge is -2.13. The van der Waals surface area contributed by atoms with Gasteiger partial charge >= 0.3 is 0 Å². The lowest BCUT2D eigenvalue weighted by Crippen LogP contribution is -2.16. The van der Waals surface area contributed by atoms with Crippen LogP contribution in [0, 0.1) is 0 Å². The van der Waals surface area contributed by atoms with Gasteiger partial charge in [0.1, 0.15) is 17.6 Å². The van der Waals surface area contributed by atoms with Crippen LogP contribution < -0.4 is 14.8 Å². The average molecular weight is 265 g/mol. The van der Waals surface area contributed by atoms with Gasteiger partial charge in [-0.1, -0.05) is 0 Å². The maximum Gasteiger partial charge on any atom is 0.124 e. The first-order chi connectivity index (χ1) is 9.24. The van der Waals surface area contributed by atoms with Crippen molar-refractivity contribution in [3.05, 3.63) is 23.3 Å². The van der Waals surface area contributed by atoms with Crippen LogP contribution in [0.2, 0.25) is 0 Å². The molecule has 0 saturated carbocycles. The summed E-state index contributed by atoms with van der Waals surface area (Å²) in [7, 11) is 0. The Kier molecular flexibility index (Phi) is 5.05. The van der Waals surface area contributed by atoms with Crippen LogP contribution in [0.1, 0.15) is 31.4 Å². The van der Waals surface area contributed by atoms with Crippen LogP contribution in [0.3, 0.4) is 0 Å². The summed E-state index contributed by atoms with van der Waals surface area (Å²) in [6, 6.07) is 4.18. The predicted molar refractivity (Wildman–Crippen MR) is 74.8 cm³/mol. The lowest BCUT2D eigenvalue weighted by atomic mass is 10.1. The zero-order chi connectivity index (χ0) is 13.7. The number of ether oxygens (including phenoxy) is 2. The number of aliphatic hydroxyl groups excluding tert-OH is 1. The summed E-state index contributed by atoms with van der Waals surface area (Å²) >= 11 is 0. The molecule has 1 aromatic rings. The number of benzene rings is 1. The Morgan fingerprint density at radius 3 is 3.05 bits per heavy atom. The van der Waals surface area contributed by atoms with Crippen molar-refractivity contribution in [3.63, 3.8) is 0 Å². The van der Waals surface area contributed by atoms with Gasteiger partial charge in [0.2, 0.25) is 0 Å². The zero-order valence-electron chi connectivity index (χ0n) is 11.7. The Labute approximate surface area is 114 Å². The van der Waals surface area contributed by atoms with Gasteiger partial charge in [-0.15, -0.1) is 0 Å². The SMILES string of the molecule is CCOc1cc2c(cc1CNCCCO)OC(C)C2. The van der Waals surface area contributed by atoms with Crippen molar-refractivity contribution in [2.45, 2.75) is 39.3 Å². The van der Waals surface area contributed by atoms with Crippen LogP contribution in [0.5, 0.6) is 11.5 Å². The largest absolute Gasteiger partial charge is 0.494 e. The monoisotopic (exact) mass is 265 g/mol. The smallest absolute Gasteiger partial charge is 0.124 e. The van der Waals surface area contributed by atoms with Gasteiger partial charge in [0.25, 0.3) is 0 Å². The number of fused-ring (bicyclic) bond motifs is 1. The van der Waals surface area contributed by atoms with Crippen LogP contribution in [0.25, 0.3) is 0 Å². The van der Waals surface area contributed by atoms with Gasteiger partial charge in [0, 0.05) is 30.7 Å². The normalized spacial score (nSPS) is 17.1. The summed E-state index contributed by atoms with van der Waals surface area (Å²) in [5.41, 5.74) is 2.35. The molecule has 0 aromatic heterocycles. The molecule has 2 rings (SSSR count). The second kappa shape index (κ2) is 6.78. The average Bonchev–Trinajstić information content (AvgIpc) is 2.74. The van der Waals surface area contributed by atoms with E-state index >= 15 is 0 Å². The number of nitrogens with one attached hydrogen (secondary N) is 1. The third-order valence-electron chi connectivity index (χ3n) is 3.21. The van der Waals surface area contributed by atoms with Crippen LogP contribution in [0.15, 0.2) is 12.1 Å². The molecule has 1 unspecified atom stereocenters. The molecule has 1 aromatic carbocycles. The Morgan fingerprint density at radius 1 is 1.47 bits per heavy atom. The van der Waals surface area contributed by atoms with Crippen molar-refractivity contribution >= 4 is 0 Å². The summed E-state index contributed by atoms with van der Waals surface area (Å²) in [6.45, 7) is 6.50. The second-order valence-corrected chi connectivity index (χ2v) is 4.89. The van der Waals surface area contributed by atoms with Crippen molar-refractivity contribution in [1.29, 1.82) is 0 Å². The Hall–Kier alpha value is -1.26. The van der Waals surface area contributed by atoms with Gasteiger partial charge in [-0.3, -0.25) is 0 Å². The number of hydrogen-bond donors (Lipinski definition) is 2. The molecule has 0 saturated heterocycles. The van der Waals surface area contributed by atoms with Gasteiger partial charge < -0.3 is 19.9 Å². The van der Waals surface area contributed by atoms with Crippen molar-refractivity contribution in [3.8, 4) is 11.5 Å². The van der Waals surface area contributed by atoms with Crippen LogP contribution in [-0.4, -0.2) is 31.0 Å². The second-order valence-electron chi connectivity index (χ2n) is 4.89. The first-order valence-electron chi connectivity index (χ1n) is 7.01. The quantitative estimate of drug-likeness (QED) is 0.739. The Morgan fingerprint density at radius 2 is 2.32 bits per heavy atom. The number of rotatable bonds is 7. The molecule has 4 nitrogen and oxygen atoms in total. The highest BCUT2D eigenvalue weighted by Crippen LogP contribution is 2.35. The lowest BCUT2D eigenvalue weighted by molar-refractivity contribution is 0.254. The van der Waals surface area contributed by atoms with Crippen molar-refractivity contribution in [2.24, 2.45) is 0 Å². The van der Waals surface area contributed by atoms with Gasteiger partial charge in [0.05, 0.1) is 6.61 Å². The van der Waals surface area contributed by atoms with Crippen molar-refractivity contribution < 1.29 is 14.6 Å². The molecule has 2 N–H and O–H groups in total. The predicted octanol–water partition coefficient (Wildman–Crippen LogP) is 1.88. The minimum absolute atomic E-state index is 0.218. The van der Waals surface area contributed by atoms with E-state index in [1.807, 2.05) is 6.92 Å². The van der Waals surface area contributed by atoms with E-state index in [-0.39, 0.29) is 12.7 Å². The van der Waals surface area contributed by atoms with Gasteiger partial charge in [-0.25, -0.2) is 0 Å². The molecule has 0 amide bonds. The van der Waals surface area contributed by atoms with E-state index in [0.29, 0.717) is 6.61 Å². The van der Waals surface area contributed by atoms with E-state index in [9.17, 15) is 0 Å². The molecule has 0 spiro atoms. The summed E-state index contributed by atoms with van der Waals surface area (Å²) in [6.07, 6.45) is 1.97. The molecule has 0 bridgehead atoms. The third kappa shape index (κ3) is 3.61. The van der Waals surface area contributed by atoms with E-state index in [2.05, 4.69) is 24.4 Å². The molecule has 4 heteroatoms. The van der Waals surface area contributed by atoms with Crippen LogP contribution >= 0.6 is 0 Å². The molecule has 1 heterocycles. The highest BCUT2D eigenvalue weighted by Gasteiger charge is 2.21.